The van der Waals surface area contributed by atoms with Gasteiger partial charge in [0.15, 0.2) is 0 Å². The lowest BCUT2D eigenvalue weighted by Crippen LogP contribution is -2.12. The molecule has 3 N–H and O–H groups in total. The van der Waals surface area contributed by atoms with Gasteiger partial charge in [-0.3, -0.25) is 20.0 Å². The molecule has 0 fully saturated rings. The van der Waals surface area contributed by atoms with E-state index in [0.717, 1.165) is 12.1 Å². The van der Waals surface area contributed by atoms with Crippen LogP contribution in [0.3, 0.4) is 0 Å². The molecule has 0 radical (unpaired) electrons. The molecule has 1 heterocycles. The fraction of sp³-hybridized carbons (Fsp3) is 0. The van der Waals surface area contributed by atoms with E-state index >= 15 is 0 Å². The molecule has 126 valence electrons. The van der Waals surface area contributed by atoms with Gasteiger partial charge in [-0.1, -0.05) is 0 Å². The number of hydrogen-bond donors (Lipinski definition) is 3. The van der Waals surface area contributed by atoms with Crippen molar-refractivity contribution in [2.75, 3.05) is 5.32 Å². The lowest BCUT2D eigenvalue weighted by molar-refractivity contribution is -0.384. The number of nitro benzene ring substituents is 1. The summed E-state index contributed by atoms with van der Waals surface area (Å²) in [5, 5.41) is 29.3. The Morgan fingerprint density at radius 1 is 1.20 bits per heavy atom. The van der Waals surface area contributed by atoms with Gasteiger partial charge in [0.2, 0.25) is 0 Å². The van der Waals surface area contributed by atoms with Crippen LogP contribution < -0.4 is 5.32 Å². The van der Waals surface area contributed by atoms with Gasteiger partial charge >= 0.3 is 0 Å². The summed E-state index contributed by atoms with van der Waals surface area (Å²) in [7, 11) is 0. The predicted molar refractivity (Wildman–Crippen MR) is 86.7 cm³/mol. The van der Waals surface area contributed by atoms with Crippen molar-refractivity contribution in [2.45, 2.75) is 0 Å². The average molecular weight is 342 g/mol. The fourth-order valence-corrected chi connectivity index (χ4v) is 2.14. The number of aromatic hydroxyl groups is 1. The molecule has 8 nitrogen and oxygen atoms in total. The van der Waals surface area contributed by atoms with Crippen LogP contribution in [0.1, 0.15) is 10.5 Å². The van der Waals surface area contributed by atoms with E-state index in [0.29, 0.717) is 11.3 Å². The third-order valence-corrected chi connectivity index (χ3v) is 3.40. The molecule has 25 heavy (non-hydrogen) atoms. The molecule has 3 rings (SSSR count). The SMILES string of the molecule is O=C(Nc1ccc([N+](=O)[O-])cc1O)c1cc(-c2ccc(F)cc2)n[nH]1. The zero-order valence-corrected chi connectivity index (χ0v) is 12.6. The maximum absolute atomic E-state index is 12.9. The lowest BCUT2D eigenvalue weighted by Gasteiger charge is -2.05. The number of halogens is 1. The van der Waals surface area contributed by atoms with Gasteiger partial charge < -0.3 is 10.4 Å². The van der Waals surface area contributed by atoms with E-state index in [-0.39, 0.29) is 22.9 Å². The molecular weight excluding hydrogens is 331 g/mol. The number of hydrogen-bond acceptors (Lipinski definition) is 5. The number of non-ortho nitro benzene ring substituents is 1. The van der Waals surface area contributed by atoms with Crippen LogP contribution in [0.4, 0.5) is 15.8 Å². The highest BCUT2D eigenvalue weighted by molar-refractivity contribution is 6.04. The monoisotopic (exact) mass is 342 g/mol. The number of nitrogens with one attached hydrogen (secondary N) is 2. The molecule has 1 amide bonds. The van der Waals surface area contributed by atoms with Crippen LogP contribution >= 0.6 is 0 Å². The number of rotatable bonds is 4. The molecule has 0 saturated carbocycles. The Morgan fingerprint density at radius 2 is 1.92 bits per heavy atom. The van der Waals surface area contributed by atoms with Gasteiger partial charge in [0.25, 0.3) is 11.6 Å². The number of phenolic OH excluding ortho intramolecular Hbond substituents is 1. The molecule has 2 aromatic carbocycles. The van der Waals surface area contributed by atoms with Crippen LogP contribution in [0.25, 0.3) is 11.3 Å². The molecule has 9 heteroatoms. The van der Waals surface area contributed by atoms with Crippen molar-refractivity contribution in [3.8, 4) is 17.0 Å². The predicted octanol–water partition coefficient (Wildman–Crippen LogP) is 3.08. The number of nitro groups is 1. The van der Waals surface area contributed by atoms with E-state index in [9.17, 15) is 24.4 Å². The summed E-state index contributed by atoms with van der Waals surface area (Å²) >= 11 is 0. The van der Waals surface area contributed by atoms with E-state index in [4.69, 9.17) is 0 Å². The Balaban J connectivity index is 1.78. The number of carbonyl (C=O) groups is 1. The van der Waals surface area contributed by atoms with Crippen LogP contribution in [0.2, 0.25) is 0 Å². The molecular formula is C16H11FN4O4. The molecule has 0 atom stereocenters. The van der Waals surface area contributed by atoms with E-state index < -0.39 is 16.6 Å². The highest BCUT2D eigenvalue weighted by Gasteiger charge is 2.15. The fourth-order valence-electron chi connectivity index (χ4n) is 2.14. The number of benzene rings is 2. The second-order valence-electron chi connectivity index (χ2n) is 5.09. The summed E-state index contributed by atoms with van der Waals surface area (Å²) < 4.78 is 12.9. The Kier molecular flexibility index (Phi) is 4.12. The Hall–Kier alpha value is -3.75. The maximum Gasteiger partial charge on any atom is 0.273 e. The van der Waals surface area contributed by atoms with Crippen molar-refractivity contribution < 1.29 is 19.2 Å². The molecule has 0 unspecified atom stereocenters. The summed E-state index contributed by atoms with van der Waals surface area (Å²) in [5.74, 6) is -1.41. The number of carbonyl (C=O) groups excluding carboxylic acids is 1. The number of phenols is 1. The van der Waals surface area contributed by atoms with Crippen molar-refractivity contribution in [1.29, 1.82) is 0 Å². The standard InChI is InChI=1S/C16H11FN4O4/c17-10-3-1-9(2-4-10)13-8-14(20-19-13)16(23)18-12-6-5-11(21(24)25)7-15(12)22/h1-8,22H,(H,18,23)(H,19,20). The normalized spacial score (nSPS) is 10.4. The van der Waals surface area contributed by atoms with Gasteiger partial charge in [-0.15, -0.1) is 0 Å². The first-order chi connectivity index (χ1) is 11.9. The minimum atomic E-state index is -0.658. The second kappa shape index (κ2) is 6.40. The van der Waals surface area contributed by atoms with Gasteiger partial charge in [-0.25, -0.2) is 4.39 Å². The zero-order chi connectivity index (χ0) is 18.0. The summed E-state index contributed by atoms with van der Waals surface area (Å²) in [5.41, 5.74) is 0.897. The quantitative estimate of drug-likeness (QED) is 0.382. The number of aromatic amines is 1. The number of anilines is 1. The average Bonchev–Trinajstić information content (AvgIpc) is 3.07. The molecule has 3 aromatic rings. The van der Waals surface area contributed by atoms with E-state index in [2.05, 4.69) is 15.5 Å². The van der Waals surface area contributed by atoms with Crippen LogP contribution in [-0.4, -0.2) is 26.1 Å². The van der Waals surface area contributed by atoms with Crippen LogP contribution in [-0.2, 0) is 0 Å². The van der Waals surface area contributed by atoms with E-state index in [1.54, 1.807) is 0 Å². The molecule has 0 spiro atoms. The lowest BCUT2D eigenvalue weighted by atomic mass is 10.1. The number of aromatic nitrogens is 2. The Bertz CT molecular complexity index is 953. The van der Waals surface area contributed by atoms with Crippen LogP contribution in [0.5, 0.6) is 5.75 Å². The molecule has 0 aliphatic carbocycles. The summed E-state index contributed by atoms with van der Waals surface area (Å²) in [6.07, 6.45) is 0. The zero-order valence-electron chi connectivity index (χ0n) is 12.6. The van der Waals surface area contributed by atoms with E-state index in [1.807, 2.05) is 0 Å². The second-order valence-corrected chi connectivity index (χ2v) is 5.09. The maximum atomic E-state index is 12.9. The third-order valence-electron chi connectivity index (χ3n) is 3.40. The Morgan fingerprint density at radius 3 is 2.56 bits per heavy atom. The molecule has 0 bridgehead atoms. The first-order valence-electron chi connectivity index (χ1n) is 7.04. The molecule has 0 saturated heterocycles. The Labute approximate surface area is 140 Å². The van der Waals surface area contributed by atoms with Gasteiger partial charge in [-0.2, -0.15) is 5.10 Å². The first-order valence-corrected chi connectivity index (χ1v) is 7.04. The summed E-state index contributed by atoms with van der Waals surface area (Å²) in [6, 6.07) is 10.4. The van der Waals surface area contributed by atoms with Crippen LogP contribution in [0.15, 0.2) is 48.5 Å². The van der Waals surface area contributed by atoms with Gasteiger partial charge in [0.1, 0.15) is 17.3 Å². The highest BCUT2D eigenvalue weighted by Crippen LogP contribution is 2.28. The molecule has 1 aromatic heterocycles. The first kappa shape index (κ1) is 16.1. The minimum absolute atomic E-state index is 0.0218. The van der Waals surface area contributed by atoms with Crippen molar-refractivity contribution in [2.24, 2.45) is 0 Å². The largest absolute Gasteiger partial charge is 0.506 e. The number of H-pyrrole nitrogens is 1. The van der Waals surface area contributed by atoms with Crippen molar-refractivity contribution in [3.05, 3.63) is 70.2 Å². The summed E-state index contributed by atoms with van der Waals surface area (Å²) in [6.45, 7) is 0. The third kappa shape index (κ3) is 3.44. The molecule has 0 aliphatic heterocycles. The van der Waals surface area contributed by atoms with Crippen molar-refractivity contribution >= 4 is 17.3 Å². The topological polar surface area (TPSA) is 121 Å². The van der Waals surface area contributed by atoms with Crippen molar-refractivity contribution in [1.82, 2.24) is 10.2 Å². The smallest absolute Gasteiger partial charge is 0.273 e. The minimum Gasteiger partial charge on any atom is -0.506 e. The van der Waals surface area contributed by atoms with Crippen molar-refractivity contribution in [3.63, 3.8) is 0 Å². The number of amides is 1. The van der Waals surface area contributed by atoms with Gasteiger partial charge in [-0.05, 0) is 36.4 Å². The van der Waals surface area contributed by atoms with Crippen LogP contribution in [0, 0.1) is 15.9 Å². The van der Waals surface area contributed by atoms with Gasteiger partial charge in [0, 0.05) is 11.6 Å². The van der Waals surface area contributed by atoms with E-state index in [1.165, 1.54) is 36.4 Å². The summed E-state index contributed by atoms with van der Waals surface area (Å²) in [4.78, 5) is 22.2. The highest BCUT2D eigenvalue weighted by atomic mass is 19.1. The van der Waals surface area contributed by atoms with Gasteiger partial charge in [0.05, 0.1) is 22.4 Å². The number of nitrogens with zero attached hydrogens (tertiary/aromatic N) is 2. The molecule has 0 aliphatic rings.